The minimum absolute atomic E-state index is 0.318. The second kappa shape index (κ2) is 4.56. The summed E-state index contributed by atoms with van der Waals surface area (Å²) < 4.78 is 10.3. The Labute approximate surface area is 95.4 Å². The van der Waals surface area contributed by atoms with Gasteiger partial charge in [0.25, 0.3) is 0 Å². The number of carbonyl (C=O) groups is 1. The third-order valence-corrected chi connectivity index (χ3v) is 2.88. The number of aryl methyl sites for hydroxylation is 1. The lowest BCUT2D eigenvalue weighted by Gasteiger charge is -2.09. The van der Waals surface area contributed by atoms with Crippen molar-refractivity contribution in [2.24, 2.45) is 0 Å². The van der Waals surface area contributed by atoms with Crippen LogP contribution in [0.4, 0.5) is 0 Å². The minimum atomic E-state index is -0.318. The smallest absolute Gasteiger partial charge is 0.341 e. The summed E-state index contributed by atoms with van der Waals surface area (Å²) in [5, 5.41) is 0. The van der Waals surface area contributed by atoms with Crippen LogP contribution in [0.2, 0.25) is 0 Å². The minimum Gasteiger partial charge on any atom is -0.492 e. The van der Waals surface area contributed by atoms with Crippen molar-refractivity contribution in [1.29, 1.82) is 0 Å². The molecule has 1 aromatic rings. The van der Waals surface area contributed by atoms with Crippen molar-refractivity contribution in [3.05, 3.63) is 28.8 Å². The van der Waals surface area contributed by atoms with Crippen LogP contribution in [0.5, 0.6) is 5.75 Å². The zero-order chi connectivity index (χ0) is 11.5. The van der Waals surface area contributed by atoms with Crippen molar-refractivity contribution < 1.29 is 14.3 Å². The van der Waals surface area contributed by atoms with Crippen LogP contribution in [-0.2, 0) is 17.6 Å². The van der Waals surface area contributed by atoms with Crippen LogP contribution in [0.25, 0.3) is 0 Å². The van der Waals surface area contributed by atoms with E-state index in [4.69, 9.17) is 9.47 Å². The molecule has 0 saturated carbocycles. The zero-order valence-electron chi connectivity index (χ0n) is 9.71. The average molecular weight is 220 g/mol. The van der Waals surface area contributed by atoms with Gasteiger partial charge in [-0.3, -0.25) is 0 Å². The molecule has 0 bridgehead atoms. The summed E-state index contributed by atoms with van der Waals surface area (Å²) in [7, 11) is 1.39. The molecule has 0 atom stereocenters. The van der Waals surface area contributed by atoms with Gasteiger partial charge in [0.05, 0.1) is 13.7 Å². The Morgan fingerprint density at radius 2 is 2.31 bits per heavy atom. The van der Waals surface area contributed by atoms with E-state index in [9.17, 15) is 4.79 Å². The lowest BCUT2D eigenvalue weighted by Crippen LogP contribution is -2.04. The quantitative estimate of drug-likeness (QED) is 0.733. The molecule has 3 heteroatoms. The lowest BCUT2D eigenvalue weighted by molar-refractivity contribution is 0.0597. The first kappa shape index (κ1) is 11.0. The molecule has 1 aliphatic rings. The molecular weight excluding hydrogens is 204 g/mol. The van der Waals surface area contributed by atoms with Gasteiger partial charge in [-0.15, -0.1) is 0 Å². The molecule has 16 heavy (non-hydrogen) atoms. The Balaban J connectivity index is 2.44. The Morgan fingerprint density at radius 1 is 1.50 bits per heavy atom. The molecule has 1 aliphatic heterocycles. The Bertz CT molecular complexity index is 410. The van der Waals surface area contributed by atoms with Gasteiger partial charge in [-0.2, -0.15) is 0 Å². The van der Waals surface area contributed by atoms with E-state index in [0.29, 0.717) is 12.2 Å². The topological polar surface area (TPSA) is 35.5 Å². The van der Waals surface area contributed by atoms with E-state index < -0.39 is 0 Å². The Kier molecular flexibility index (Phi) is 3.13. The van der Waals surface area contributed by atoms with Gasteiger partial charge < -0.3 is 9.47 Å². The highest BCUT2D eigenvalue weighted by Gasteiger charge is 2.23. The van der Waals surface area contributed by atoms with Crippen LogP contribution in [0.3, 0.4) is 0 Å². The van der Waals surface area contributed by atoms with Crippen molar-refractivity contribution in [3.8, 4) is 5.75 Å². The standard InChI is InChI=1S/C13H16O3/c1-3-4-9-5-6-11(13(14)15-2)12-10(9)7-8-16-12/h5-6H,3-4,7-8H2,1-2H3. The lowest BCUT2D eigenvalue weighted by atomic mass is 9.98. The number of benzene rings is 1. The number of hydrogen-bond donors (Lipinski definition) is 0. The molecule has 0 aliphatic carbocycles. The molecule has 0 N–H and O–H groups in total. The van der Waals surface area contributed by atoms with Gasteiger partial charge in [0.1, 0.15) is 11.3 Å². The van der Waals surface area contributed by atoms with Gasteiger partial charge in [-0.05, 0) is 18.1 Å². The van der Waals surface area contributed by atoms with Crippen molar-refractivity contribution in [2.45, 2.75) is 26.2 Å². The molecule has 3 nitrogen and oxygen atoms in total. The molecule has 0 saturated heterocycles. The number of rotatable bonds is 3. The largest absolute Gasteiger partial charge is 0.492 e. The Morgan fingerprint density at radius 3 is 3.00 bits per heavy atom. The number of carbonyl (C=O) groups excluding carboxylic acids is 1. The van der Waals surface area contributed by atoms with Gasteiger partial charge in [0, 0.05) is 12.0 Å². The van der Waals surface area contributed by atoms with Crippen LogP contribution < -0.4 is 4.74 Å². The SMILES string of the molecule is CCCc1ccc(C(=O)OC)c2c1CCO2. The van der Waals surface area contributed by atoms with E-state index in [2.05, 4.69) is 6.92 Å². The second-order valence-corrected chi connectivity index (χ2v) is 3.92. The van der Waals surface area contributed by atoms with E-state index in [1.165, 1.54) is 18.2 Å². The van der Waals surface area contributed by atoms with Gasteiger partial charge in [0.15, 0.2) is 0 Å². The van der Waals surface area contributed by atoms with Crippen molar-refractivity contribution >= 4 is 5.97 Å². The van der Waals surface area contributed by atoms with E-state index in [1.54, 1.807) is 6.07 Å². The third-order valence-electron chi connectivity index (χ3n) is 2.88. The molecule has 1 heterocycles. The normalized spacial score (nSPS) is 13.1. The molecule has 0 unspecified atom stereocenters. The van der Waals surface area contributed by atoms with Crippen LogP contribution >= 0.6 is 0 Å². The monoisotopic (exact) mass is 220 g/mol. The maximum Gasteiger partial charge on any atom is 0.341 e. The summed E-state index contributed by atoms with van der Waals surface area (Å²) in [5.74, 6) is 0.416. The molecule has 0 fully saturated rings. The maximum atomic E-state index is 11.5. The van der Waals surface area contributed by atoms with E-state index in [1.807, 2.05) is 6.07 Å². The summed E-state index contributed by atoms with van der Waals surface area (Å²) in [5.41, 5.74) is 3.03. The van der Waals surface area contributed by atoms with E-state index in [0.717, 1.165) is 25.0 Å². The van der Waals surface area contributed by atoms with E-state index in [-0.39, 0.29) is 5.97 Å². The predicted molar refractivity (Wildman–Crippen MR) is 61.0 cm³/mol. The predicted octanol–water partition coefficient (Wildman–Crippen LogP) is 2.36. The first-order valence-electron chi connectivity index (χ1n) is 5.63. The third kappa shape index (κ3) is 1.77. The number of esters is 1. The number of fused-ring (bicyclic) bond motifs is 1. The van der Waals surface area contributed by atoms with Crippen LogP contribution in [0.15, 0.2) is 12.1 Å². The fourth-order valence-corrected chi connectivity index (χ4v) is 2.14. The fraction of sp³-hybridized carbons (Fsp3) is 0.462. The summed E-state index contributed by atoms with van der Waals surface area (Å²) >= 11 is 0. The number of ether oxygens (including phenoxy) is 2. The van der Waals surface area contributed by atoms with Crippen molar-refractivity contribution in [1.82, 2.24) is 0 Å². The van der Waals surface area contributed by atoms with Crippen molar-refractivity contribution in [2.75, 3.05) is 13.7 Å². The number of methoxy groups -OCH3 is 1. The van der Waals surface area contributed by atoms with Crippen LogP contribution in [0, 0.1) is 0 Å². The molecule has 0 amide bonds. The summed E-state index contributed by atoms with van der Waals surface area (Å²) in [6.45, 7) is 2.82. The first-order valence-corrected chi connectivity index (χ1v) is 5.63. The zero-order valence-corrected chi connectivity index (χ0v) is 9.71. The molecular formula is C13H16O3. The summed E-state index contributed by atoms with van der Waals surface area (Å²) in [6.07, 6.45) is 3.03. The van der Waals surface area contributed by atoms with E-state index >= 15 is 0 Å². The highest BCUT2D eigenvalue weighted by atomic mass is 16.5. The molecule has 0 aromatic heterocycles. The average Bonchev–Trinajstić information content (AvgIpc) is 2.78. The highest BCUT2D eigenvalue weighted by molar-refractivity contribution is 5.93. The molecule has 0 spiro atoms. The molecule has 2 rings (SSSR count). The summed E-state index contributed by atoms with van der Waals surface area (Å²) in [6, 6.07) is 3.82. The van der Waals surface area contributed by atoms with Crippen LogP contribution in [0.1, 0.15) is 34.8 Å². The van der Waals surface area contributed by atoms with Gasteiger partial charge in [-0.25, -0.2) is 4.79 Å². The maximum absolute atomic E-state index is 11.5. The Hall–Kier alpha value is -1.51. The number of hydrogen-bond acceptors (Lipinski definition) is 3. The second-order valence-electron chi connectivity index (χ2n) is 3.92. The molecule has 86 valence electrons. The fourth-order valence-electron chi connectivity index (χ4n) is 2.14. The first-order chi connectivity index (χ1) is 7.77. The van der Waals surface area contributed by atoms with Gasteiger partial charge >= 0.3 is 5.97 Å². The van der Waals surface area contributed by atoms with Crippen molar-refractivity contribution in [3.63, 3.8) is 0 Å². The van der Waals surface area contributed by atoms with Gasteiger partial charge in [0.2, 0.25) is 0 Å². The van der Waals surface area contributed by atoms with Gasteiger partial charge in [-0.1, -0.05) is 19.4 Å². The molecule has 1 aromatic carbocycles. The highest BCUT2D eigenvalue weighted by Crippen LogP contribution is 2.33. The summed E-state index contributed by atoms with van der Waals surface area (Å²) in [4.78, 5) is 11.5. The molecule has 0 radical (unpaired) electrons. The van der Waals surface area contributed by atoms with Crippen LogP contribution in [-0.4, -0.2) is 19.7 Å².